The number of aromatic amines is 1. The van der Waals surface area contributed by atoms with Crippen molar-refractivity contribution in [1.82, 2.24) is 4.98 Å². The number of H-pyrrole nitrogens is 1. The Hall–Kier alpha value is -0.790. The van der Waals surface area contributed by atoms with Gasteiger partial charge in [-0.3, -0.25) is 0 Å². The molecule has 0 saturated heterocycles. The molecule has 0 amide bonds. The highest BCUT2D eigenvalue weighted by molar-refractivity contribution is 4.90. The van der Waals surface area contributed by atoms with Crippen LogP contribution < -0.4 is 4.57 Å². The van der Waals surface area contributed by atoms with Crippen molar-refractivity contribution in [1.29, 1.82) is 0 Å². The summed E-state index contributed by atoms with van der Waals surface area (Å²) in [5, 5.41) is 0. The van der Waals surface area contributed by atoms with E-state index in [0.717, 1.165) is 0 Å². The first-order valence-corrected chi connectivity index (χ1v) is 22.3. The first kappa shape index (κ1) is 44.2. The minimum absolute atomic E-state index is 0.619. The molecule has 1 rings (SSSR count). The van der Waals surface area contributed by atoms with Gasteiger partial charge in [0.25, 0.3) is 5.82 Å². The monoisotopic (exact) mass is 658 g/mol. The van der Waals surface area contributed by atoms with Gasteiger partial charge < -0.3 is 0 Å². The van der Waals surface area contributed by atoms with Gasteiger partial charge in [-0.05, 0) is 32.6 Å². The van der Waals surface area contributed by atoms with Gasteiger partial charge in [0.2, 0.25) is 0 Å². The number of hydrogen-bond donors (Lipinski definition) is 1. The largest absolute Gasteiger partial charge is 0.257 e. The Balaban J connectivity index is 2.31. The van der Waals surface area contributed by atoms with E-state index in [1.54, 1.807) is 0 Å². The van der Waals surface area contributed by atoms with Crippen molar-refractivity contribution in [2.45, 2.75) is 271 Å². The maximum Gasteiger partial charge on any atom is 0.257 e. The highest BCUT2D eigenvalue weighted by atomic mass is 15.1. The molecule has 2 heteroatoms. The van der Waals surface area contributed by atoms with Gasteiger partial charge in [0.15, 0.2) is 0 Å². The van der Waals surface area contributed by atoms with Crippen LogP contribution in [0.2, 0.25) is 0 Å². The number of nitrogens with one attached hydrogen (secondary N) is 1. The molecular weight excluding hydrogens is 569 g/mol. The Kier molecular flexibility index (Phi) is 33.0. The quantitative estimate of drug-likeness (QED) is 0.0539. The number of unbranched alkanes of at least 4 members (excludes halogenated alkanes) is 30. The number of nitrogens with zero attached hydrogens (tertiary/aromatic N) is 1. The van der Waals surface area contributed by atoms with Gasteiger partial charge in [0.05, 0.1) is 12.0 Å². The molecule has 1 aromatic rings. The van der Waals surface area contributed by atoms with Crippen LogP contribution in [-0.4, -0.2) is 4.98 Å². The van der Waals surface area contributed by atoms with Crippen LogP contribution in [0.25, 0.3) is 0 Å². The third-order valence-corrected chi connectivity index (χ3v) is 11.1. The molecule has 0 fully saturated rings. The van der Waals surface area contributed by atoms with Gasteiger partial charge in [-0.1, -0.05) is 226 Å². The zero-order valence-electron chi connectivity index (χ0n) is 33.2. The molecule has 0 radical (unpaired) electrons. The summed E-state index contributed by atoms with van der Waals surface area (Å²) in [7, 11) is 0. The summed E-state index contributed by atoms with van der Waals surface area (Å²) in [4.78, 5) is 3.76. The smallest absolute Gasteiger partial charge is 0.247 e. The maximum absolute atomic E-state index is 3.76. The van der Waals surface area contributed by atoms with Gasteiger partial charge in [0, 0.05) is 0 Å². The van der Waals surface area contributed by atoms with E-state index in [2.05, 4.69) is 49.6 Å². The van der Waals surface area contributed by atoms with Gasteiger partial charge in [-0.25, -0.2) is 9.55 Å². The van der Waals surface area contributed by atoms with Gasteiger partial charge in [0.1, 0.15) is 12.4 Å². The molecule has 1 heterocycles. The molecule has 2 unspecified atom stereocenters. The molecule has 1 N–H and O–H groups in total. The topological polar surface area (TPSA) is 19.7 Å². The Morgan fingerprint density at radius 1 is 0.404 bits per heavy atom. The first-order chi connectivity index (χ1) is 23.2. The van der Waals surface area contributed by atoms with Crippen molar-refractivity contribution in [2.75, 3.05) is 0 Å². The third kappa shape index (κ3) is 26.7. The molecular formula is C45H89N2+. The highest BCUT2D eigenvalue weighted by Crippen LogP contribution is 2.27. The van der Waals surface area contributed by atoms with E-state index in [0.29, 0.717) is 12.0 Å². The standard InChI is InChI=1S/C45H88N2/c1-5-8-11-14-17-19-21-22-23-24-25-26-27-29-31-34-37-40-44(39-36-33-30-28-20-18-15-12-9-6-2)45-46-41-42-47(45)43(4)38-35-32-16-13-10-7-3/h41-44H,5-40H2,1-4H3/p+1. The molecule has 0 aliphatic heterocycles. The second kappa shape index (κ2) is 35.1. The molecule has 0 aliphatic rings. The molecule has 2 atom stereocenters. The number of rotatable bonds is 38. The fraction of sp³-hybridized carbons (Fsp3) is 0.933. The van der Waals surface area contributed by atoms with Crippen LogP contribution in [0.3, 0.4) is 0 Å². The van der Waals surface area contributed by atoms with E-state index in [9.17, 15) is 0 Å². The van der Waals surface area contributed by atoms with E-state index in [-0.39, 0.29) is 0 Å². The Bertz CT molecular complexity index is 723. The zero-order chi connectivity index (χ0) is 33.9. The Morgan fingerprint density at radius 2 is 0.681 bits per heavy atom. The number of imidazole rings is 1. The summed E-state index contributed by atoms with van der Waals surface area (Å²) >= 11 is 0. The summed E-state index contributed by atoms with van der Waals surface area (Å²) in [6.45, 7) is 9.42. The van der Waals surface area contributed by atoms with Gasteiger partial charge >= 0.3 is 0 Å². The minimum Gasteiger partial charge on any atom is -0.247 e. The molecule has 0 spiro atoms. The zero-order valence-corrected chi connectivity index (χ0v) is 33.2. The van der Waals surface area contributed by atoms with Crippen molar-refractivity contribution in [3.8, 4) is 0 Å². The van der Waals surface area contributed by atoms with Crippen LogP contribution in [0.4, 0.5) is 0 Å². The third-order valence-electron chi connectivity index (χ3n) is 11.1. The van der Waals surface area contributed by atoms with Crippen LogP contribution in [0.15, 0.2) is 12.4 Å². The normalized spacial score (nSPS) is 13.0. The van der Waals surface area contributed by atoms with Crippen LogP contribution in [0.5, 0.6) is 0 Å². The van der Waals surface area contributed by atoms with Crippen molar-refractivity contribution >= 4 is 0 Å². The van der Waals surface area contributed by atoms with E-state index in [1.807, 2.05) is 0 Å². The average Bonchev–Trinajstić information content (AvgIpc) is 3.57. The van der Waals surface area contributed by atoms with E-state index in [4.69, 9.17) is 0 Å². The Labute approximate surface area is 297 Å². The number of hydrogen-bond acceptors (Lipinski definition) is 0. The summed E-state index contributed by atoms with van der Waals surface area (Å²) in [5.41, 5.74) is 0. The fourth-order valence-electron chi connectivity index (χ4n) is 7.84. The van der Waals surface area contributed by atoms with Crippen LogP contribution in [0.1, 0.15) is 277 Å². The van der Waals surface area contributed by atoms with Crippen molar-refractivity contribution in [3.05, 3.63) is 18.2 Å². The lowest BCUT2D eigenvalue weighted by molar-refractivity contribution is -0.727. The van der Waals surface area contributed by atoms with Gasteiger partial charge in [-0.15, -0.1) is 0 Å². The SMILES string of the molecule is CCCCCCCCCCCCCCCCCCCC(CCCCCCCCCCCC)c1[nH]cc[n+]1C(C)CCCCCCCC. The molecule has 0 aromatic carbocycles. The molecule has 2 nitrogen and oxygen atoms in total. The van der Waals surface area contributed by atoms with Crippen LogP contribution in [0, 0.1) is 0 Å². The minimum atomic E-state index is 0.619. The second-order valence-electron chi connectivity index (χ2n) is 15.8. The summed E-state index contributed by atoms with van der Waals surface area (Å²) in [6, 6.07) is 0.619. The van der Waals surface area contributed by atoms with Crippen molar-refractivity contribution in [2.24, 2.45) is 0 Å². The van der Waals surface area contributed by atoms with Crippen molar-refractivity contribution in [3.63, 3.8) is 0 Å². The summed E-state index contributed by atoms with van der Waals surface area (Å²) < 4.78 is 2.64. The van der Waals surface area contributed by atoms with Crippen LogP contribution >= 0.6 is 0 Å². The van der Waals surface area contributed by atoms with Crippen LogP contribution in [-0.2, 0) is 0 Å². The molecule has 0 bridgehead atoms. The molecule has 278 valence electrons. The number of aromatic nitrogens is 2. The molecule has 0 aliphatic carbocycles. The lowest BCUT2D eigenvalue weighted by Crippen LogP contribution is -2.41. The molecule has 47 heavy (non-hydrogen) atoms. The molecule has 1 aromatic heterocycles. The summed E-state index contributed by atoms with van der Waals surface area (Å²) in [6.07, 6.45) is 56.1. The lowest BCUT2D eigenvalue weighted by Gasteiger charge is -2.17. The molecule has 0 saturated carbocycles. The van der Waals surface area contributed by atoms with E-state index in [1.165, 1.54) is 237 Å². The van der Waals surface area contributed by atoms with E-state index < -0.39 is 0 Å². The highest BCUT2D eigenvalue weighted by Gasteiger charge is 2.25. The lowest BCUT2D eigenvalue weighted by atomic mass is 9.92. The average molecular weight is 658 g/mol. The first-order valence-electron chi connectivity index (χ1n) is 22.3. The predicted octanol–water partition coefficient (Wildman–Crippen LogP) is 16.1. The maximum atomic E-state index is 3.76. The summed E-state index contributed by atoms with van der Waals surface area (Å²) in [5.74, 6) is 2.25. The second-order valence-corrected chi connectivity index (χ2v) is 15.8. The van der Waals surface area contributed by atoms with Crippen molar-refractivity contribution < 1.29 is 4.57 Å². The fourth-order valence-corrected chi connectivity index (χ4v) is 7.84. The van der Waals surface area contributed by atoms with Gasteiger partial charge in [-0.2, -0.15) is 0 Å². The van der Waals surface area contributed by atoms with E-state index >= 15 is 0 Å². The Morgan fingerprint density at radius 3 is 1.00 bits per heavy atom. The predicted molar refractivity (Wildman–Crippen MR) is 212 cm³/mol.